The van der Waals surface area contributed by atoms with Crippen molar-refractivity contribution < 1.29 is 4.42 Å². The van der Waals surface area contributed by atoms with Crippen molar-refractivity contribution in [3.8, 4) is 34.2 Å². The summed E-state index contributed by atoms with van der Waals surface area (Å²) in [6, 6.07) is 55.7. The number of nitrogens with zero attached hydrogens (tertiary/aromatic N) is 5. The lowest BCUT2D eigenvalue weighted by Gasteiger charge is -2.15. The molecule has 7 aromatic carbocycles. The van der Waals surface area contributed by atoms with Crippen LogP contribution in [0, 0.1) is 0 Å². The van der Waals surface area contributed by atoms with Gasteiger partial charge in [0.2, 0.25) is 0 Å². The van der Waals surface area contributed by atoms with Crippen molar-refractivity contribution in [2.24, 2.45) is 0 Å². The van der Waals surface area contributed by atoms with E-state index in [2.05, 4.69) is 161 Å². The summed E-state index contributed by atoms with van der Waals surface area (Å²) >= 11 is 0. The minimum Gasteiger partial charge on any atom is -0.456 e. The van der Waals surface area contributed by atoms with Crippen LogP contribution in [-0.2, 0) is 0 Å². The van der Waals surface area contributed by atoms with Crippen LogP contribution in [0.25, 0.3) is 99.7 Å². The van der Waals surface area contributed by atoms with Gasteiger partial charge in [-0.05, 0) is 85.3 Å². The van der Waals surface area contributed by atoms with Gasteiger partial charge in [-0.15, -0.1) is 0 Å². The topological polar surface area (TPSA) is 61.7 Å². The number of rotatable bonds is 5. The van der Waals surface area contributed by atoms with E-state index in [1.807, 2.05) is 30.3 Å². The van der Waals surface area contributed by atoms with Crippen molar-refractivity contribution in [1.82, 2.24) is 24.1 Å². The van der Waals surface area contributed by atoms with Gasteiger partial charge in [0.25, 0.3) is 0 Å². The van der Waals surface area contributed by atoms with Crippen molar-refractivity contribution in [2.75, 3.05) is 0 Å². The van der Waals surface area contributed by atoms with Crippen LogP contribution in [-0.4, -0.2) is 24.1 Å². The molecule has 0 amide bonds. The molecule has 0 spiro atoms. The molecule has 57 heavy (non-hydrogen) atoms. The second kappa shape index (κ2) is 12.5. The average molecular weight is 732 g/mol. The Balaban J connectivity index is 1.04. The van der Waals surface area contributed by atoms with Crippen molar-refractivity contribution in [2.45, 2.75) is 12.3 Å². The van der Waals surface area contributed by atoms with Gasteiger partial charge in [-0.2, -0.15) is 0 Å². The van der Waals surface area contributed by atoms with Crippen molar-refractivity contribution >= 4 is 65.6 Å². The number of para-hydroxylation sites is 4. The Morgan fingerprint density at radius 2 is 1.14 bits per heavy atom. The molecule has 0 saturated carbocycles. The number of hydrogen-bond acceptors (Lipinski definition) is 4. The van der Waals surface area contributed by atoms with Crippen LogP contribution >= 0.6 is 0 Å². The summed E-state index contributed by atoms with van der Waals surface area (Å²) in [5.74, 6) is 2.12. The number of aromatic nitrogens is 5. The second-order valence-electron chi connectivity index (χ2n) is 14.7. The fourth-order valence-corrected chi connectivity index (χ4v) is 8.85. The molecule has 1 aliphatic rings. The van der Waals surface area contributed by atoms with Gasteiger partial charge in [0.15, 0.2) is 11.6 Å². The first-order valence-electron chi connectivity index (χ1n) is 19.4. The molecule has 0 bridgehead atoms. The Kier molecular flexibility index (Phi) is 6.95. The van der Waals surface area contributed by atoms with Gasteiger partial charge in [0, 0.05) is 60.7 Å². The Morgan fingerprint density at radius 1 is 0.474 bits per heavy atom. The maximum Gasteiger partial charge on any atom is 0.163 e. The number of allylic oxidation sites excluding steroid dienone is 4. The molecular formula is C51H33N5O. The van der Waals surface area contributed by atoms with E-state index in [-0.39, 0.29) is 5.92 Å². The molecule has 268 valence electrons. The first kappa shape index (κ1) is 31.7. The van der Waals surface area contributed by atoms with E-state index < -0.39 is 0 Å². The third-order valence-electron chi connectivity index (χ3n) is 11.5. The highest BCUT2D eigenvalue weighted by atomic mass is 16.3. The van der Waals surface area contributed by atoms with Gasteiger partial charge in [0.1, 0.15) is 17.0 Å². The summed E-state index contributed by atoms with van der Waals surface area (Å²) in [5, 5.41) is 7.02. The van der Waals surface area contributed by atoms with Crippen LogP contribution < -0.4 is 0 Å². The van der Waals surface area contributed by atoms with Gasteiger partial charge in [-0.3, -0.25) is 0 Å². The Labute approximate surface area is 327 Å². The largest absolute Gasteiger partial charge is 0.456 e. The lowest BCUT2D eigenvalue weighted by molar-refractivity contribution is 0.669. The Hall–Kier alpha value is -7.57. The first-order chi connectivity index (χ1) is 28.3. The fraction of sp³-hybridized carbons (Fsp3) is 0.0392. The molecule has 0 aliphatic heterocycles. The maximum atomic E-state index is 6.14. The van der Waals surface area contributed by atoms with Crippen LogP contribution in [0.4, 0.5) is 0 Å². The summed E-state index contributed by atoms with van der Waals surface area (Å²) in [4.78, 5) is 15.3. The summed E-state index contributed by atoms with van der Waals surface area (Å²) in [6.07, 6.45) is 9.35. The molecule has 0 fully saturated rings. The normalized spacial score (nSPS) is 14.3. The smallest absolute Gasteiger partial charge is 0.163 e. The zero-order valence-corrected chi connectivity index (χ0v) is 30.7. The standard InChI is InChI=1S/C51H33N5O/c1-3-13-32(14-4-1)49-52-50(54-51(53-49)34-25-30-46-41(31-34)38-18-9-12-22-45(38)57-46)33-23-26-36(27-24-33)56-42-20-10-7-17-37(42)39-28-29-44-47(48(39)56)40-19-8-11-21-43(40)55(44)35-15-5-2-6-16-35/h1-13,15-32H,14H2. The molecule has 6 nitrogen and oxygen atoms in total. The van der Waals surface area contributed by atoms with E-state index in [9.17, 15) is 0 Å². The van der Waals surface area contributed by atoms with Gasteiger partial charge in [-0.1, -0.05) is 103 Å². The molecule has 0 N–H and O–H groups in total. The van der Waals surface area contributed by atoms with E-state index in [1.54, 1.807) is 0 Å². The van der Waals surface area contributed by atoms with Crippen LogP contribution in [0.1, 0.15) is 18.2 Å². The predicted molar refractivity (Wildman–Crippen MR) is 232 cm³/mol. The molecule has 4 aromatic heterocycles. The molecule has 1 atom stereocenters. The third kappa shape index (κ3) is 4.94. The highest BCUT2D eigenvalue weighted by Gasteiger charge is 2.22. The van der Waals surface area contributed by atoms with Crippen LogP contribution in [0.5, 0.6) is 0 Å². The lowest BCUT2D eigenvalue weighted by Crippen LogP contribution is -2.08. The van der Waals surface area contributed by atoms with E-state index in [0.717, 1.165) is 62.2 Å². The zero-order chi connectivity index (χ0) is 37.5. The van der Waals surface area contributed by atoms with E-state index in [1.165, 1.54) is 38.1 Å². The molecule has 0 radical (unpaired) electrons. The van der Waals surface area contributed by atoms with Crippen LogP contribution in [0.15, 0.2) is 186 Å². The van der Waals surface area contributed by atoms with Crippen LogP contribution in [0.2, 0.25) is 0 Å². The summed E-state index contributed by atoms with van der Waals surface area (Å²) in [5.41, 5.74) is 10.5. The van der Waals surface area contributed by atoms with Gasteiger partial charge in [0.05, 0.1) is 22.1 Å². The fourth-order valence-electron chi connectivity index (χ4n) is 8.85. The minimum absolute atomic E-state index is 0.0614. The first-order valence-corrected chi connectivity index (χ1v) is 19.4. The van der Waals surface area contributed by atoms with E-state index >= 15 is 0 Å². The number of fused-ring (bicyclic) bond motifs is 10. The van der Waals surface area contributed by atoms with Gasteiger partial charge < -0.3 is 13.6 Å². The predicted octanol–water partition coefficient (Wildman–Crippen LogP) is 12.9. The van der Waals surface area contributed by atoms with Gasteiger partial charge in [-0.25, -0.2) is 15.0 Å². The molecular weight excluding hydrogens is 699 g/mol. The monoisotopic (exact) mass is 731 g/mol. The summed E-state index contributed by atoms with van der Waals surface area (Å²) in [6.45, 7) is 0. The molecule has 4 heterocycles. The highest BCUT2D eigenvalue weighted by Crippen LogP contribution is 2.42. The molecule has 0 saturated heterocycles. The summed E-state index contributed by atoms with van der Waals surface area (Å²) < 4.78 is 11.0. The summed E-state index contributed by atoms with van der Waals surface area (Å²) in [7, 11) is 0. The van der Waals surface area contributed by atoms with Gasteiger partial charge >= 0.3 is 0 Å². The minimum atomic E-state index is 0.0614. The quantitative estimate of drug-likeness (QED) is 0.177. The Morgan fingerprint density at radius 3 is 1.95 bits per heavy atom. The molecule has 6 heteroatoms. The maximum absolute atomic E-state index is 6.14. The SMILES string of the molecule is C1=CCC(c2nc(-c3ccc(-n4c5ccccc5c5ccc6c(c7ccccc7n6-c6ccccc6)c54)cc3)nc(-c3ccc4oc5ccccc5c4c3)n2)C=C1. The Bertz CT molecular complexity index is 3440. The van der Waals surface area contributed by atoms with E-state index in [4.69, 9.17) is 19.4 Å². The number of furan rings is 1. The van der Waals surface area contributed by atoms with Crippen molar-refractivity contribution in [3.63, 3.8) is 0 Å². The van der Waals surface area contributed by atoms with Crippen molar-refractivity contribution in [3.05, 3.63) is 188 Å². The zero-order valence-electron chi connectivity index (χ0n) is 30.7. The molecule has 11 aromatic rings. The molecule has 1 aliphatic carbocycles. The number of benzene rings is 7. The second-order valence-corrected chi connectivity index (χ2v) is 14.7. The molecule has 1 unspecified atom stereocenters. The average Bonchev–Trinajstić information content (AvgIpc) is 3.94. The number of hydrogen-bond donors (Lipinski definition) is 0. The van der Waals surface area contributed by atoms with Crippen LogP contribution in [0.3, 0.4) is 0 Å². The van der Waals surface area contributed by atoms with E-state index in [0.29, 0.717) is 11.6 Å². The lowest BCUT2D eigenvalue weighted by atomic mass is 10.00. The molecule has 12 rings (SSSR count). The highest BCUT2D eigenvalue weighted by molar-refractivity contribution is 6.26. The van der Waals surface area contributed by atoms with Crippen molar-refractivity contribution in [1.29, 1.82) is 0 Å². The third-order valence-corrected chi connectivity index (χ3v) is 11.5.